The molecular formula is C11H13F2NO. The summed E-state index contributed by atoms with van der Waals surface area (Å²) in [5.74, 6) is 0.726. The van der Waals surface area contributed by atoms with E-state index in [2.05, 4.69) is 5.32 Å². The number of ether oxygens (including phenoxy) is 1. The Morgan fingerprint density at radius 2 is 2.27 bits per heavy atom. The summed E-state index contributed by atoms with van der Waals surface area (Å²) in [6.45, 7) is 0.592. The molecule has 1 N–H and O–H groups in total. The van der Waals surface area contributed by atoms with Gasteiger partial charge in [-0.05, 0) is 36.2 Å². The molecule has 0 aliphatic carbocycles. The molecule has 0 saturated heterocycles. The van der Waals surface area contributed by atoms with Crippen LogP contribution in [0, 0.1) is 0 Å². The minimum atomic E-state index is -2.36. The lowest BCUT2D eigenvalue weighted by Gasteiger charge is -2.26. The Morgan fingerprint density at radius 3 is 2.93 bits per heavy atom. The summed E-state index contributed by atoms with van der Waals surface area (Å²) in [5.41, 5.74) is 1.65. The van der Waals surface area contributed by atoms with Gasteiger partial charge in [-0.1, -0.05) is 6.07 Å². The van der Waals surface area contributed by atoms with E-state index < -0.39 is 12.5 Å². The fourth-order valence-corrected chi connectivity index (χ4v) is 1.93. The standard InChI is InChI=1S/C11H13F2NO/c1-15-8-2-3-9-7(6-8)4-5-14-10(9)11(12)13/h2-3,6,10-11,14H,4-5H2,1H3. The minimum absolute atomic E-state index is 0.592. The maximum Gasteiger partial charge on any atom is 0.257 e. The summed E-state index contributed by atoms with van der Waals surface area (Å²) >= 11 is 0. The van der Waals surface area contributed by atoms with Gasteiger partial charge in [0.25, 0.3) is 6.43 Å². The van der Waals surface area contributed by atoms with E-state index in [1.807, 2.05) is 6.07 Å². The van der Waals surface area contributed by atoms with Crippen LogP contribution in [-0.2, 0) is 6.42 Å². The summed E-state index contributed by atoms with van der Waals surface area (Å²) in [7, 11) is 1.58. The Kier molecular flexibility index (Phi) is 2.86. The van der Waals surface area contributed by atoms with Gasteiger partial charge in [-0.2, -0.15) is 0 Å². The lowest BCUT2D eigenvalue weighted by atomic mass is 9.94. The molecule has 1 aliphatic heterocycles. The second-order valence-electron chi connectivity index (χ2n) is 3.58. The van der Waals surface area contributed by atoms with Crippen molar-refractivity contribution in [1.29, 1.82) is 0 Å². The van der Waals surface area contributed by atoms with Gasteiger partial charge in [-0.3, -0.25) is 0 Å². The molecule has 15 heavy (non-hydrogen) atoms. The molecule has 2 nitrogen and oxygen atoms in total. The largest absolute Gasteiger partial charge is 0.497 e. The van der Waals surface area contributed by atoms with Crippen LogP contribution in [0.1, 0.15) is 17.2 Å². The number of hydrogen-bond donors (Lipinski definition) is 1. The zero-order chi connectivity index (χ0) is 10.8. The highest BCUT2D eigenvalue weighted by Crippen LogP contribution is 2.30. The molecule has 1 atom stereocenters. The van der Waals surface area contributed by atoms with Crippen LogP contribution in [0.2, 0.25) is 0 Å². The van der Waals surface area contributed by atoms with Crippen LogP contribution < -0.4 is 10.1 Å². The highest BCUT2D eigenvalue weighted by Gasteiger charge is 2.27. The van der Waals surface area contributed by atoms with E-state index in [0.717, 1.165) is 17.7 Å². The molecule has 0 fully saturated rings. The van der Waals surface area contributed by atoms with Crippen molar-refractivity contribution < 1.29 is 13.5 Å². The van der Waals surface area contributed by atoms with E-state index in [0.29, 0.717) is 12.1 Å². The van der Waals surface area contributed by atoms with Crippen molar-refractivity contribution in [3.8, 4) is 5.75 Å². The zero-order valence-electron chi connectivity index (χ0n) is 8.47. The van der Waals surface area contributed by atoms with Gasteiger partial charge >= 0.3 is 0 Å². The first-order valence-corrected chi connectivity index (χ1v) is 4.90. The third kappa shape index (κ3) is 1.95. The maximum absolute atomic E-state index is 12.7. The lowest BCUT2D eigenvalue weighted by molar-refractivity contribution is 0.0953. The fourth-order valence-electron chi connectivity index (χ4n) is 1.93. The number of fused-ring (bicyclic) bond motifs is 1. The second kappa shape index (κ2) is 4.14. The number of hydrogen-bond acceptors (Lipinski definition) is 2. The van der Waals surface area contributed by atoms with Gasteiger partial charge in [-0.25, -0.2) is 8.78 Å². The van der Waals surface area contributed by atoms with Crippen molar-refractivity contribution >= 4 is 0 Å². The van der Waals surface area contributed by atoms with E-state index in [9.17, 15) is 8.78 Å². The quantitative estimate of drug-likeness (QED) is 0.812. The maximum atomic E-state index is 12.7. The van der Waals surface area contributed by atoms with Crippen molar-refractivity contribution in [3.63, 3.8) is 0 Å². The summed E-state index contributed by atoms with van der Waals surface area (Å²) in [4.78, 5) is 0. The van der Waals surface area contributed by atoms with E-state index in [4.69, 9.17) is 4.74 Å². The Hall–Kier alpha value is -1.16. The number of alkyl halides is 2. The van der Waals surface area contributed by atoms with Crippen LogP contribution in [0.15, 0.2) is 18.2 Å². The van der Waals surface area contributed by atoms with Crippen LogP contribution in [0.3, 0.4) is 0 Å². The first-order valence-electron chi connectivity index (χ1n) is 4.90. The van der Waals surface area contributed by atoms with Crippen LogP contribution in [0.5, 0.6) is 5.75 Å². The molecule has 0 spiro atoms. The van der Waals surface area contributed by atoms with Gasteiger partial charge in [-0.15, -0.1) is 0 Å². The molecule has 0 saturated carbocycles. The van der Waals surface area contributed by atoms with Crippen molar-refractivity contribution in [2.24, 2.45) is 0 Å². The molecule has 1 aliphatic rings. The molecule has 0 bridgehead atoms. The van der Waals surface area contributed by atoms with Gasteiger partial charge in [0.2, 0.25) is 0 Å². The molecule has 0 aromatic heterocycles. The van der Waals surface area contributed by atoms with Crippen molar-refractivity contribution in [1.82, 2.24) is 5.32 Å². The first-order chi connectivity index (χ1) is 7.22. The first kappa shape index (κ1) is 10.4. The van der Waals surface area contributed by atoms with E-state index in [1.165, 1.54) is 0 Å². The molecule has 0 amide bonds. The van der Waals surface area contributed by atoms with Crippen LogP contribution in [-0.4, -0.2) is 20.1 Å². The van der Waals surface area contributed by atoms with E-state index in [1.54, 1.807) is 19.2 Å². The van der Waals surface area contributed by atoms with Crippen LogP contribution in [0.25, 0.3) is 0 Å². The molecule has 1 aromatic carbocycles. The molecule has 4 heteroatoms. The van der Waals surface area contributed by atoms with Crippen molar-refractivity contribution in [2.75, 3.05) is 13.7 Å². The fraction of sp³-hybridized carbons (Fsp3) is 0.455. The monoisotopic (exact) mass is 213 g/mol. The number of methoxy groups -OCH3 is 1. The van der Waals surface area contributed by atoms with Crippen LogP contribution in [0.4, 0.5) is 8.78 Å². The summed E-state index contributed by atoms with van der Waals surface area (Å²) in [5, 5.41) is 2.82. The summed E-state index contributed by atoms with van der Waals surface area (Å²) < 4.78 is 30.4. The Morgan fingerprint density at radius 1 is 1.47 bits per heavy atom. The van der Waals surface area contributed by atoms with Gasteiger partial charge in [0.1, 0.15) is 5.75 Å². The number of rotatable bonds is 2. The Labute approximate surface area is 87.2 Å². The van der Waals surface area contributed by atoms with Crippen molar-refractivity contribution in [2.45, 2.75) is 18.9 Å². The predicted molar refractivity (Wildman–Crippen MR) is 53.4 cm³/mol. The van der Waals surface area contributed by atoms with Gasteiger partial charge in [0, 0.05) is 0 Å². The molecular weight excluding hydrogens is 200 g/mol. The SMILES string of the molecule is COc1ccc2c(c1)CCNC2C(F)F. The van der Waals surface area contributed by atoms with Gasteiger partial charge in [0.15, 0.2) is 0 Å². The number of nitrogens with one attached hydrogen (secondary N) is 1. The van der Waals surface area contributed by atoms with Gasteiger partial charge in [0.05, 0.1) is 13.2 Å². The number of benzene rings is 1. The topological polar surface area (TPSA) is 21.3 Å². The normalized spacial score (nSPS) is 20.1. The minimum Gasteiger partial charge on any atom is -0.497 e. The highest BCUT2D eigenvalue weighted by molar-refractivity contribution is 5.39. The van der Waals surface area contributed by atoms with Crippen molar-refractivity contribution in [3.05, 3.63) is 29.3 Å². The lowest BCUT2D eigenvalue weighted by Crippen LogP contribution is -2.34. The second-order valence-corrected chi connectivity index (χ2v) is 3.58. The third-order valence-electron chi connectivity index (χ3n) is 2.70. The average molecular weight is 213 g/mol. The molecule has 2 rings (SSSR count). The smallest absolute Gasteiger partial charge is 0.257 e. The molecule has 1 heterocycles. The Balaban J connectivity index is 2.36. The van der Waals surface area contributed by atoms with E-state index >= 15 is 0 Å². The summed E-state index contributed by atoms with van der Waals surface area (Å²) in [6.07, 6.45) is -1.59. The van der Waals surface area contributed by atoms with Gasteiger partial charge < -0.3 is 10.1 Å². The summed E-state index contributed by atoms with van der Waals surface area (Å²) in [6, 6.07) is 4.45. The molecule has 1 unspecified atom stereocenters. The third-order valence-corrected chi connectivity index (χ3v) is 2.70. The van der Waals surface area contributed by atoms with E-state index in [-0.39, 0.29) is 0 Å². The molecule has 82 valence electrons. The Bertz CT molecular complexity index is 354. The zero-order valence-corrected chi connectivity index (χ0v) is 8.47. The average Bonchev–Trinajstić information content (AvgIpc) is 2.27. The molecule has 0 radical (unpaired) electrons. The highest BCUT2D eigenvalue weighted by atomic mass is 19.3. The van der Waals surface area contributed by atoms with Crippen LogP contribution >= 0.6 is 0 Å². The predicted octanol–water partition coefficient (Wildman–Crippen LogP) is 2.15. The molecule has 1 aromatic rings. The number of halogens is 2.